The van der Waals surface area contributed by atoms with Crippen LogP contribution in [0, 0.1) is 0 Å². The zero-order valence-corrected chi connectivity index (χ0v) is 12.3. The lowest BCUT2D eigenvalue weighted by Gasteiger charge is -2.24. The van der Waals surface area contributed by atoms with E-state index in [1.165, 1.54) is 20.3 Å². The van der Waals surface area contributed by atoms with Crippen LogP contribution in [0.3, 0.4) is 0 Å². The van der Waals surface area contributed by atoms with Gasteiger partial charge in [0.2, 0.25) is 0 Å². The van der Waals surface area contributed by atoms with Gasteiger partial charge >= 0.3 is 15.4 Å². The summed E-state index contributed by atoms with van der Waals surface area (Å²) in [5.74, 6) is -1.17. The van der Waals surface area contributed by atoms with Gasteiger partial charge in [-0.2, -0.15) is 0 Å². The van der Waals surface area contributed by atoms with E-state index in [1.54, 1.807) is 13.0 Å². The molecule has 0 aliphatic heterocycles. The molecule has 0 radical (unpaired) electrons. The van der Waals surface area contributed by atoms with Gasteiger partial charge in [-0.25, -0.2) is 4.57 Å². The van der Waals surface area contributed by atoms with E-state index in [0.29, 0.717) is 0 Å². The Labute approximate surface area is 101 Å². The van der Waals surface area contributed by atoms with E-state index in [4.69, 9.17) is 13.6 Å². The third-order valence-electron chi connectivity index (χ3n) is 1.86. The van der Waals surface area contributed by atoms with E-state index < -0.39 is 21.3 Å². The van der Waals surface area contributed by atoms with Gasteiger partial charge in [0.15, 0.2) is 5.85 Å². The van der Waals surface area contributed by atoms with Crippen LogP contribution < -0.4 is 0 Å². The van der Waals surface area contributed by atoms with E-state index in [-0.39, 0.29) is 0 Å². The molecule has 102 valence electrons. The van der Waals surface area contributed by atoms with Crippen LogP contribution in [0.2, 0.25) is 0 Å². The summed E-state index contributed by atoms with van der Waals surface area (Å²) in [4.78, 5) is 0. The highest BCUT2D eigenvalue weighted by atomic mass is 31.2. The molecule has 0 bridgehead atoms. The third kappa shape index (κ3) is 4.64. The van der Waals surface area contributed by atoms with E-state index in [0.717, 1.165) is 14.2 Å². The Hall–Kier alpha value is -0.0000000000000000416. The summed E-state index contributed by atoms with van der Waals surface area (Å²) in [6.45, 7) is 1.68. The minimum atomic E-state index is -3.77. The lowest BCUT2D eigenvalue weighted by atomic mass is 10.6. The topological polar surface area (TPSA) is 80.3 Å². The summed E-state index contributed by atoms with van der Waals surface area (Å²) in [6, 6.07) is 0. The summed E-state index contributed by atoms with van der Waals surface area (Å²) in [6.07, 6.45) is 2.95. The molecule has 17 heavy (non-hydrogen) atoms. The Morgan fingerprint density at radius 2 is 1.41 bits per heavy atom. The monoisotopic (exact) mass is 288 g/mol. The van der Waals surface area contributed by atoms with Crippen LogP contribution in [0.15, 0.2) is 12.2 Å². The third-order valence-corrected chi connectivity index (χ3v) is 5.33. The van der Waals surface area contributed by atoms with Crippen molar-refractivity contribution in [3.05, 3.63) is 12.2 Å². The molecule has 0 aromatic carbocycles. The Balaban J connectivity index is 5.13. The molecule has 0 spiro atoms. The quantitative estimate of drug-likeness (QED) is 0.501. The number of hydrogen-bond acceptors (Lipinski definition) is 7. The fourth-order valence-electron chi connectivity index (χ4n) is 0.938. The average Bonchev–Trinajstić information content (AvgIpc) is 2.37. The number of hydrogen-bond donors (Lipinski definition) is 0. The molecule has 1 unspecified atom stereocenters. The zero-order chi connectivity index (χ0) is 13.5. The fourth-order valence-corrected chi connectivity index (χ4v) is 3.35. The molecule has 9 heteroatoms. The van der Waals surface area contributed by atoms with Crippen LogP contribution in [-0.4, -0.2) is 34.3 Å². The molecule has 0 heterocycles. The van der Waals surface area contributed by atoms with Crippen LogP contribution >= 0.6 is 15.4 Å². The molecule has 0 N–H and O–H groups in total. The molecule has 0 saturated carbocycles. The van der Waals surface area contributed by atoms with Crippen molar-refractivity contribution in [3.63, 3.8) is 0 Å². The predicted octanol–water partition coefficient (Wildman–Crippen LogP) is 2.79. The van der Waals surface area contributed by atoms with Crippen molar-refractivity contribution < 1.29 is 31.7 Å². The van der Waals surface area contributed by atoms with Crippen LogP contribution in [0.5, 0.6) is 0 Å². The van der Waals surface area contributed by atoms with Crippen molar-refractivity contribution in [3.8, 4) is 0 Å². The first-order valence-corrected chi connectivity index (χ1v) is 7.72. The normalized spacial score (nSPS) is 15.4. The highest BCUT2D eigenvalue weighted by Crippen LogP contribution is 2.60. The van der Waals surface area contributed by atoms with Gasteiger partial charge in [-0.05, 0) is 13.0 Å². The van der Waals surface area contributed by atoms with Gasteiger partial charge < -0.3 is 9.05 Å². The SMILES string of the molecule is C/C=C/C(OP(=O)(OC)OC)P(=O)(OC)OC. The maximum atomic E-state index is 12.1. The van der Waals surface area contributed by atoms with E-state index in [9.17, 15) is 9.13 Å². The first-order chi connectivity index (χ1) is 7.91. The van der Waals surface area contributed by atoms with Crippen molar-refractivity contribution in [1.29, 1.82) is 0 Å². The molecule has 1 atom stereocenters. The summed E-state index contributed by atoms with van der Waals surface area (Å²) in [7, 11) is -2.63. The molecular formula is C8H18O7P2. The summed E-state index contributed by atoms with van der Waals surface area (Å²) in [5.41, 5.74) is 0. The van der Waals surface area contributed by atoms with E-state index >= 15 is 0 Å². The van der Waals surface area contributed by atoms with Crippen LogP contribution in [0.4, 0.5) is 0 Å². The molecular weight excluding hydrogens is 270 g/mol. The number of phosphoric ester groups is 1. The molecule has 0 fully saturated rings. The standard InChI is InChI=1S/C8H18O7P2/c1-6-7-8(16(9,11-2)12-3)15-17(10,13-4)14-5/h6-8H,1-5H3/b7-6+. The second kappa shape index (κ2) is 7.44. The number of phosphoric acid groups is 1. The van der Waals surface area contributed by atoms with Gasteiger partial charge in [0.25, 0.3) is 0 Å². The number of allylic oxidation sites excluding steroid dienone is 1. The van der Waals surface area contributed by atoms with Crippen molar-refractivity contribution in [2.45, 2.75) is 12.8 Å². The average molecular weight is 288 g/mol. The number of rotatable bonds is 8. The van der Waals surface area contributed by atoms with Crippen LogP contribution in [0.1, 0.15) is 6.92 Å². The van der Waals surface area contributed by atoms with Gasteiger partial charge in [0.1, 0.15) is 0 Å². The molecule has 0 aliphatic carbocycles. The van der Waals surface area contributed by atoms with Crippen molar-refractivity contribution in [1.82, 2.24) is 0 Å². The van der Waals surface area contributed by atoms with Gasteiger partial charge in [0, 0.05) is 28.4 Å². The summed E-state index contributed by atoms with van der Waals surface area (Å²) < 4.78 is 47.6. The molecule has 0 aliphatic rings. The van der Waals surface area contributed by atoms with Gasteiger partial charge in [-0.3, -0.25) is 18.1 Å². The van der Waals surface area contributed by atoms with Gasteiger partial charge in [0.05, 0.1) is 0 Å². The lowest BCUT2D eigenvalue weighted by Crippen LogP contribution is -2.13. The first-order valence-electron chi connectivity index (χ1n) is 4.65. The first kappa shape index (κ1) is 17.0. The Bertz CT molecular complexity index is 325. The fraction of sp³-hybridized carbons (Fsp3) is 0.750. The highest BCUT2D eigenvalue weighted by molar-refractivity contribution is 7.56. The Morgan fingerprint density at radius 3 is 1.71 bits per heavy atom. The molecule has 0 aromatic heterocycles. The predicted molar refractivity (Wildman–Crippen MR) is 62.9 cm³/mol. The lowest BCUT2D eigenvalue weighted by molar-refractivity contribution is 0.133. The van der Waals surface area contributed by atoms with Crippen LogP contribution in [0.25, 0.3) is 0 Å². The van der Waals surface area contributed by atoms with E-state index in [1.807, 2.05) is 0 Å². The second-order valence-corrected chi connectivity index (χ2v) is 6.89. The van der Waals surface area contributed by atoms with Crippen molar-refractivity contribution in [2.24, 2.45) is 0 Å². The molecule has 7 nitrogen and oxygen atoms in total. The van der Waals surface area contributed by atoms with E-state index in [2.05, 4.69) is 9.05 Å². The maximum Gasteiger partial charge on any atom is 0.475 e. The van der Waals surface area contributed by atoms with Crippen molar-refractivity contribution in [2.75, 3.05) is 28.4 Å². The minimum absolute atomic E-state index is 1.15. The zero-order valence-electron chi connectivity index (χ0n) is 10.5. The highest BCUT2D eigenvalue weighted by Gasteiger charge is 2.39. The Morgan fingerprint density at radius 1 is 0.941 bits per heavy atom. The van der Waals surface area contributed by atoms with Gasteiger partial charge in [-0.15, -0.1) is 0 Å². The van der Waals surface area contributed by atoms with Gasteiger partial charge in [-0.1, -0.05) is 6.08 Å². The summed E-state index contributed by atoms with van der Waals surface area (Å²) in [5, 5.41) is 0. The smallest absolute Gasteiger partial charge is 0.310 e. The summed E-state index contributed by atoms with van der Waals surface area (Å²) >= 11 is 0. The van der Waals surface area contributed by atoms with Crippen molar-refractivity contribution >= 4 is 15.4 Å². The second-order valence-electron chi connectivity index (χ2n) is 2.74. The molecule has 0 saturated heterocycles. The molecule has 0 rings (SSSR count). The largest absolute Gasteiger partial charge is 0.475 e. The van der Waals surface area contributed by atoms with Crippen LogP contribution in [-0.2, 0) is 31.7 Å². The molecule has 0 aromatic rings. The Kier molecular flexibility index (Phi) is 7.44. The minimum Gasteiger partial charge on any atom is -0.310 e. The maximum absolute atomic E-state index is 12.1. The molecule has 0 amide bonds.